The SMILES string of the molecule is CCCNC(CC1CCCCO1)C1CC(C)(C)OC1(C)C. The third-order valence-corrected chi connectivity index (χ3v) is 5.08. The largest absolute Gasteiger partial charge is 0.378 e. The molecule has 3 atom stereocenters. The lowest BCUT2D eigenvalue weighted by Crippen LogP contribution is -2.46. The minimum Gasteiger partial charge on any atom is -0.378 e. The summed E-state index contributed by atoms with van der Waals surface area (Å²) in [6, 6.07) is 0.504. The fourth-order valence-electron chi connectivity index (χ4n) is 4.23. The van der Waals surface area contributed by atoms with Crippen molar-refractivity contribution in [1.29, 1.82) is 0 Å². The molecule has 124 valence electrons. The van der Waals surface area contributed by atoms with E-state index in [1.54, 1.807) is 0 Å². The van der Waals surface area contributed by atoms with Gasteiger partial charge in [0.15, 0.2) is 0 Å². The summed E-state index contributed by atoms with van der Waals surface area (Å²) in [6.07, 6.45) is 7.66. The van der Waals surface area contributed by atoms with E-state index in [2.05, 4.69) is 39.9 Å². The molecule has 0 aromatic rings. The quantitative estimate of drug-likeness (QED) is 0.806. The van der Waals surface area contributed by atoms with E-state index in [9.17, 15) is 0 Å². The van der Waals surface area contributed by atoms with Gasteiger partial charge in [0.25, 0.3) is 0 Å². The molecule has 2 fully saturated rings. The molecule has 2 heterocycles. The Morgan fingerprint density at radius 3 is 2.48 bits per heavy atom. The molecule has 0 radical (unpaired) electrons. The van der Waals surface area contributed by atoms with E-state index in [1.165, 1.54) is 25.7 Å². The van der Waals surface area contributed by atoms with E-state index in [1.807, 2.05) is 0 Å². The molecule has 0 amide bonds. The lowest BCUT2D eigenvalue weighted by molar-refractivity contribution is -0.0804. The Balaban J connectivity index is 2.03. The smallest absolute Gasteiger partial charge is 0.0677 e. The number of rotatable bonds is 6. The average Bonchev–Trinajstić information content (AvgIpc) is 2.63. The van der Waals surface area contributed by atoms with Crippen molar-refractivity contribution in [2.45, 2.75) is 96.5 Å². The predicted molar refractivity (Wildman–Crippen MR) is 87.6 cm³/mol. The zero-order valence-corrected chi connectivity index (χ0v) is 14.7. The zero-order valence-electron chi connectivity index (χ0n) is 14.7. The first-order valence-electron chi connectivity index (χ1n) is 8.89. The van der Waals surface area contributed by atoms with Crippen LogP contribution in [0.15, 0.2) is 0 Å². The predicted octanol–water partition coefficient (Wildman–Crippen LogP) is 3.91. The van der Waals surface area contributed by atoms with Crippen molar-refractivity contribution in [3.05, 3.63) is 0 Å². The van der Waals surface area contributed by atoms with Gasteiger partial charge in [0.05, 0.1) is 17.3 Å². The first-order valence-corrected chi connectivity index (χ1v) is 8.89. The number of hydrogen-bond acceptors (Lipinski definition) is 3. The fraction of sp³-hybridized carbons (Fsp3) is 1.00. The van der Waals surface area contributed by atoms with Gasteiger partial charge in [-0.2, -0.15) is 0 Å². The van der Waals surface area contributed by atoms with Crippen molar-refractivity contribution < 1.29 is 9.47 Å². The molecule has 3 nitrogen and oxygen atoms in total. The lowest BCUT2D eigenvalue weighted by atomic mass is 9.79. The molecule has 3 unspecified atom stereocenters. The van der Waals surface area contributed by atoms with Crippen LogP contribution >= 0.6 is 0 Å². The Morgan fingerprint density at radius 2 is 1.95 bits per heavy atom. The Morgan fingerprint density at radius 1 is 1.19 bits per heavy atom. The Labute approximate surface area is 131 Å². The van der Waals surface area contributed by atoms with Gasteiger partial charge in [0.1, 0.15) is 0 Å². The van der Waals surface area contributed by atoms with Crippen LogP contribution in [0.3, 0.4) is 0 Å². The van der Waals surface area contributed by atoms with Crippen molar-refractivity contribution in [3.63, 3.8) is 0 Å². The molecule has 0 aliphatic carbocycles. The highest BCUT2D eigenvalue weighted by Gasteiger charge is 2.49. The van der Waals surface area contributed by atoms with Gasteiger partial charge in [0, 0.05) is 18.6 Å². The summed E-state index contributed by atoms with van der Waals surface area (Å²) < 4.78 is 12.3. The van der Waals surface area contributed by atoms with E-state index in [-0.39, 0.29) is 11.2 Å². The van der Waals surface area contributed by atoms with Crippen molar-refractivity contribution in [2.24, 2.45) is 5.92 Å². The highest BCUT2D eigenvalue weighted by atomic mass is 16.5. The van der Waals surface area contributed by atoms with Gasteiger partial charge in [-0.1, -0.05) is 6.92 Å². The van der Waals surface area contributed by atoms with Crippen LogP contribution < -0.4 is 5.32 Å². The highest BCUT2D eigenvalue weighted by Crippen LogP contribution is 2.44. The van der Waals surface area contributed by atoms with Crippen molar-refractivity contribution in [3.8, 4) is 0 Å². The molecule has 2 rings (SSSR count). The van der Waals surface area contributed by atoms with Crippen LogP contribution in [0.1, 0.15) is 73.1 Å². The molecule has 1 N–H and O–H groups in total. The van der Waals surface area contributed by atoms with Crippen molar-refractivity contribution >= 4 is 0 Å². The second-order valence-electron chi connectivity index (χ2n) is 8.06. The molecule has 0 aromatic heterocycles. The highest BCUT2D eigenvalue weighted by molar-refractivity contribution is 5.00. The lowest BCUT2D eigenvalue weighted by Gasteiger charge is -2.36. The number of hydrogen-bond donors (Lipinski definition) is 1. The van der Waals surface area contributed by atoms with Crippen molar-refractivity contribution in [1.82, 2.24) is 5.32 Å². The van der Waals surface area contributed by atoms with Crippen LogP contribution in [-0.2, 0) is 9.47 Å². The molecule has 0 saturated carbocycles. The molecular formula is C18H35NO2. The summed E-state index contributed by atoms with van der Waals surface area (Å²) in [5.41, 5.74) is -0.0582. The monoisotopic (exact) mass is 297 g/mol. The number of ether oxygens (including phenoxy) is 2. The minimum atomic E-state index is -0.0520. The van der Waals surface area contributed by atoms with Gasteiger partial charge < -0.3 is 14.8 Å². The summed E-state index contributed by atoms with van der Waals surface area (Å²) in [4.78, 5) is 0. The maximum Gasteiger partial charge on any atom is 0.0677 e. The molecule has 21 heavy (non-hydrogen) atoms. The summed E-state index contributed by atoms with van der Waals surface area (Å²) in [7, 11) is 0. The van der Waals surface area contributed by atoms with Gasteiger partial charge >= 0.3 is 0 Å². The summed E-state index contributed by atoms with van der Waals surface area (Å²) in [5.74, 6) is 0.560. The van der Waals surface area contributed by atoms with E-state index in [0.29, 0.717) is 18.1 Å². The molecule has 0 bridgehead atoms. The molecule has 2 aliphatic heterocycles. The van der Waals surface area contributed by atoms with E-state index < -0.39 is 0 Å². The number of nitrogens with one attached hydrogen (secondary N) is 1. The molecule has 3 heteroatoms. The minimum absolute atomic E-state index is 0.00622. The standard InChI is InChI=1S/C18H35NO2/c1-6-10-19-16(12-14-9-7-8-11-20-14)15-13-17(2,3)21-18(15,4)5/h14-16,19H,6-13H2,1-5H3. The van der Waals surface area contributed by atoms with Gasteiger partial charge in [-0.05, 0) is 72.8 Å². The Bertz CT molecular complexity index is 321. The van der Waals surface area contributed by atoms with E-state index >= 15 is 0 Å². The van der Waals surface area contributed by atoms with Gasteiger partial charge in [-0.3, -0.25) is 0 Å². The second kappa shape index (κ2) is 6.97. The zero-order chi connectivity index (χ0) is 15.5. The first kappa shape index (κ1) is 17.2. The Hall–Kier alpha value is -0.120. The van der Waals surface area contributed by atoms with Crippen LogP contribution in [0, 0.1) is 5.92 Å². The van der Waals surface area contributed by atoms with Crippen LogP contribution in [0.5, 0.6) is 0 Å². The maximum atomic E-state index is 6.32. The maximum absolute atomic E-state index is 6.32. The second-order valence-corrected chi connectivity index (χ2v) is 8.06. The third-order valence-electron chi connectivity index (χ3n) is 5.08. The van der Waals surface area contributed by atoms with E-state index in [0.717, 1.165) is 26.0 Å². The third kappa shape index (κ3) is 4.67. The molecule has 0 spiro atoms. The average molecular weight is 297 g/mol. The normalized spacial score (nSPS) is 33.0. The molecule has 2 saturated heterocycles. The molecule has 0 aromatic carbocycles. The molecular weight excluding hydrogens is 262 g/mol. The summed E-state index contributed by atoms with van der Waals surface area (Å²) >= 11 is 0. The fourth-order valence-corrected chi connectivity index (χ4v) is 4.23. The molecule has 2 aliphatic rings. The van der Waals surface area contributed by atoms with Gasteiger partial charge in [0.2, 0.25) is 0 Å². The van der Waals surface area contributed by atoms with Crippen LogP contribution in [0.4, 0.5) is 0 Å². The topological polar surface area (TPSA) is 30.5 Å². The van der Waals surface area contributed by atoms with E-state index in [4.69, 9.17) is 9.47 Å². The van der Waals surface area contributed by atoms with Crippen LogP contribution in [0.2, 0.25) is 0 Å². The van der Waals surface area contributed by atoms with Gasteiger partial charge in [-0.25, -0.2) is 0 Å². The van der Waals surface area contributed by atoms with Gasteiger partial charge in [-0.15, -0.1) is 0 Å². The van der Waals surface area contributed by atoms with Crippen molar-refractivity contribution in [2.75, 3.05) is 13.2 Å². The first-order chi connectivity index (χ1) is 9.84. The van der Waals surface area contributed by atoms with Crippen LogP contribution in [0.25, 0.3) is 0 Å². The summed E-state index contributed by atoms with van der Waals surface area (Å²) in [6.45, 7) is 13.2. The summed E-state index contributed by atoms with van der Waals surface area (Å²) in [5, 5.41) is 3.79. The Kier molecular flexibility index (Phi) is 5.72. The van der Waals surface area contributed by atoms with Crippen LogP contribution in [-0.4, -0.2) is 36.5 Å².